The molecule has 0 aromatic rings. The number of aliphatic hydroxyl groups is 2. The molecule has 2 spiro atoms. The van der Waals surface area contributed by atoms with Crippen molar-refractivity contribution in [3.05, 3.63) is 12.7 Å². The van der Waals surface area contributed by atoms with E-state index in [-0.39, 0.29) is 57.0 Å². The van der Waals surface area contributed by atoms with Crippen molar-refractivity contribution in [1.29, 1.82) is 0 Å². The zero-order valence-electron chi connectivity index (χ0n) is 21.7. The molecule has 5 aliphatic rings. The maximum Gasteiger partial charge on any atom is 0.316 e. The molecule has 5 fully saturated rings. The van der Waals surface area contributed by atoms with Crippen molar-refractivity contribution in [1.82, 2.24) is 0 Å². The Morgan fingerprint density at radius 2 is 1.97 bits per heavy atom. The van der Waals surface area contributed by atoms with Crippen molar-refractivity contribution in [2.75, 3.05) is 5.75 Å². The number of ether oxygens (including phenoxy) is 1. The molecule has 7 heteroatoms. The summed E-state index contributed by atoms with van der Waals surface area (Å²) in [7, 11) is 0. The number of hydrogen-bond acceptors (Lipinski definition) is 7. The van der Waals surface area contributed by atoms with Crippen LogP contribution in [-0.4, -0.2) is 57.3 Å². The van der Waals surface area contributed by atoms with Gasteiger partial charge in [-0.05, 0) is 61.7 Å². The summed E-state index contributed by atoms with van der Waals surface area (Å²) in [5.74, 6) is 0.625. The van der Waals surface area contributed by atoms with E-state index in [2.05, 4.69) is 27.4 Å². The van der Waals surface area contributed by atoms with Gasteiger partial charge in [-0.15, -0.1) is 18.3 Å². The number of nitrogens with two attached hydrogens (primary N) is 1. The van der Waals surface area contributed by atoms with Gasteiger partial charge in [0.15, 0.2) is 0 Å². The highest BCUT2D eigenvalue weighted by Crippen LogP contribution is 2.91. The van der Waals surface area contributed by atoms with E-state index >= 15 is 0 Å². The minimum atomic E-state index is -0.648. The molecule has 0 heterocycles. The van der Waals surface area contributed by atoms with Crippen LogP contribution in [0.1, 0.15) is 72.6 Å². The summed E-state index contributed by atoms with van der Waals surface area (Å²) >= 11 is 1.46. The van der Waals surface area contributed by atoms with Crippen LogP contribution in [0.15, 0.2) is 12.7 Å². The first-order valence-electron chi connectivity index (χ1n) is 13.5. The average molecular weight is 506 g/mol. The first-order valence-corrected chi connectivity index (χ1v) is 14.5. The second kappa shape index (κ2) is 8.31. The minimum absolute atomic E-state index is 0.00580. The van der Waals surface area contributed by atoms with Crippen LogP contribution in [0.4, 0.5) is 0 Å². The van der Waals surface area contributed by atoms with Gasteiger partial charge in [-0.2, -0.15) is 0 Å². The molecule has 0 radical (unpaired) electrons. The first-order chi connectivity index (χ1) is 16.4. The highest BCUT2D eigenvalue weighted by Gasteiger charge is 2.92. The number of ketones is 1. The van der Waals surface area contributed by atoms with Gasteiger partial charge in [-0.3, -0.25) is 9.59 Å². The van der Waals surface area contributed by atoms with Gasteiger partial charge >= 0.3 is 5.97 Å². The van der Waals surface area contributed by atoms with Crippen molar-refractivity contribution in [2.45, 2.75) is 102 Å². The van der Waals surface area contributed by atoms with E-state index < -0.39 is 23.7 Å². The third kappa shape index (κ3) is 3.26. The van der Waals surface area contributed by atoms with E-state index in [1.807, 2.05) is 13.0 Å². The summed E-state index contributed by atoms with van der Waals surface area (Å²) in [4.78, 5) is 26.6. The fourth-order valence-electron chi connectivity index (χ4n) is 9.53. The van der Waals surface area contributed by atoms with Gasteiger partial charge in [0, 0.05) is 34.0 Å². The van der Waals surface area contributed by atoms with Gasteiger partial charge < -0.3 is 20.7 Å². The zero-order chi connectivity index (χ0) is 25.6. The van der Waals surface area contributed by atoms with Crippen molar-refractivity contribution < 1.29 is 24.5 Å². The van der Waals surface area contributed by atoms with Crippen molar-refractivity contribution in [2.24, 2.45) is 45.1 Å². The number of hydrogen-bond donors (Lipinski definition) is 3. The number of rotatable bonds is 5. The van der Waals surface area contributed by atoms with Crippen molar-refractivity contribution in [3.8, 4) is 0 Å². The molecule has 4 N–H and O–H groups in total. The number of Topliss-reactive ketones (excluding diaryl/α,β-unsaturated/α-hetero) is 1. The maximum atomic E-state index is 13.4. The molecule has 5 aliphatic carbocycles. The van der Waals surface area contributed by atoms with E-state index in [4.69, 9.17) is 10.5 Å². The standard InChI is InChI=1S/C28H43NO5S/c1-6-25(4)13-21(34-22(32)14-35-19-8-7-17(29)11-18(19)30)26(5)15(2)12-28-20(31)9-10-27(28,24(26)28)16(3)23(25)33/h6,15-19,21,23-24,30,33H,1,7-14,29H2,2-5H3/t15?,16-,17+,18+,19?,21+,23-,24-,25+,26-,27+,28?/m0/s1. The second-order valence-corrected chi connectivity index (χ2v) is 14.2. The van der Waals surface area contributed by atoms with Gasteiger partial charge in [0.05, 0.1) is 18.0 Å². The Labute approximate surface area is 213 Å². The number of carbonyl (C=O) groups is 2. The van der Waals surface area contributed by atoms with Gasteiger partial charge in [0.1, 0.15) is 11.9 Å². The molecular weight excluding hydrogens is 462 g/mol. The highest BCUT2D eigenvalue weighted by molar-refractivity contribution is 8.00. The predicted octanol–water partition coefficient (Wildman–Crippen LogP) is 3.48. The fraction of sp³-hybridized carbons (Fsp3) is 0.857. The van der Waals surface area contributed by atoms with Crippen LogP contribution in [-0.2, 0) is 14.3 Å². The van der Waals surface area contributed by atoms with E-state index in [0.29, 0.717) is 25.0 Å². The second-order valence-electron chi connectivity index (χ2n) is 13.0. The topological polar surface area (TPSA) is 110 Å². The van der Waals surface area contributed by atoms with Crippen LogP contribution in [0.3, 0.4) is 0 Å². The monoisotopic (exact) mass is 505 g/mol. The third-order valence-electron chi connectivity index (χ3n) is 11.6. The molecule has 3 unspecified atom stereocenters. The Bertz CT molecular complexity index is 927. The molecular formula is C28H43NO5S. The van der Waals surface area contributed by atoms with Gasteiger partial charge in [0.25, 0.3) is 0 Å². The smallest absolute Gasteiger partial charge is 0.316 e. The molecule has 35 heavy (non-hydrogen) atoms. The molecule has 196 valence electrons. The third-order valence-corrected chi connectivity index (χ3v) is 12.9. The molecule has 0 aromatic heterocycles. The molecule has 5 saturated carbocycles. The fourth-order valence-corrected chi connectivity index (χ4v) is 10.6. The zero-order valence-corrected chi connectivity index (χ0v) is 22.5. The van der Waals surface area contributed by atoms with Gasteiger partial charge in [-0.25, -0.2) is 0 Å². The van der Waals surface area contributed by atoms with Crippen LogP contribution < -0.4 is 5.73 Å². The van der Waals surface area contributed by atoms with E-state index in [9.17, 15) is 19.8 Å². The molecule has 0 bridgehead atoms. The number of carbonyl (C=O) groups excluding carboxylic acids is 2. The molecule has 5 rings (SSSR count). The Balaban J connectivity index is 1.42. The Kier molecular flexibility index (Phi) is 6.11. The summed E-state index contributed by atoms with van der Waals surface area (Å²) in [6.45, 7) is 12.7. The van der Waals surface area contributed by atoms with Crippen molar-refractivity contribution >= 4 is 23.5 Å². The lowest BCUT2D eigenvalue weighted by atomic mass is 9.57. The normalized spacial score (nSPS) is 54.9. The Hall–Kier alpha value is -0.890. The molecule has 0 aliphatic heterocycles. The summed E-state index contributed by atoms with van der Waals surface area (Å²) < 4.78 is 6.31. The molecule has 12 atom stereocenters. The lowest BCUT2D eigenvalue weighted by Gasteiger charge is -2.51. The number of esters is 1. The SMILES string of the molecule is C=C[C@]1(C)C[C@@H](OC(=O)CSC2CC[C@@H](N)C[C@H]2O)[C@]2(C)C(C)CC34C(=O)CC[C@@]3([C@@H](C)[C@@H]1O)[C@@H]42. The van der Waals surface area contributed by atoms with Crippen LogP contribution in [0, 0.1) is 39.4 Å². The van der Waals surface area contributed by atoms with Crippen LogP contribution >= 0.6 is 11.8 Å². The summed E-state index contributed by atoms with van der Waals surface area (Å²) in [6, 6.07) is 0.0262. The lowest BCUT2D eigenvalue weighted by molar-refractivity contribution is -0.168. The average Bonchev–Trinajstić information content (AvgIpc) is 3.18. The first kappa shape index (κ1) is 25.7. The molecule has 0 saturated heterocycles. The summed E-state index contributed by atoms with van der Waals surface area (Å²) in [5.41, 5.74) is 4.43. The Morgan fingerprint density at radius 3 is 2.63 bits per heavy atom. The van der Waals surface area contributed by atoms with Crippen LogP contribution in [0.5, 0.6) is 0 Å². The number of thioether (sulfide) groups is 1. The quantitative estimate of drug-likeness (QED) is 0.388. The Morgan fingerprint density at radius 1 is 1.26 bits per heavy atom. The predicted molar refractivity (Wildman–Crippen MR) is 137 cm³/mol. The van der Waals surface area contributed by atoms with E-state index in [1.54, 1.807) is 0 Å². The van der Waals surface area contributed by atoms with Crippen LogP contribution in [0.25, 0.3) is 0 Å². The maximum absolute atomic E-state index is 13.4. The molecule has 6 nitrogen and oxygen atoms in total. The van der Waals surface area contributed by atoms with Gasteiger partial charge in [-0.1, -0.05) is 33.8 Å². The summed E-state index contributed by atoms with van der Waals surface area (Å²) in [5, 5.41) is 22.0. The number of aliphatic hydroxyl groups excluding tert-OH is 2. The minimum Gasteiger partial charge on any atom is -0.461 e. The van der Waals surface area contributed by atoms with Gasteiger partial charge in [0.2, 0.25) is 0 Å². The van der Waals surface area contributed by atoms with Crippen molar-refractivity contribution in [3.63, 3.8) is 0 Å². The highest BCUT2D eigenvalue weighted by atomic mass is 32.2. The summed E-state index contributed by atoms with van der Waals surface area (Å²) in [6.07, 6.45) is 5.24. The molecule has 0 aromatic carbocycles. The van der Waals surface area contributed by atoms with E-state index in [1.165, 1.54) is 11.8 Å². The molecule has 0 amide bonds. The van der Waals surface area contributed by atoms with E-state index in [0.717, 1.165) is 25.7 Å². The van der Waals surface area contributed by atoms with Crippen LogP contribution in [0.2, 0.25) is 0 Å². The lowest BCUT2D eigenvalue weighted by Crippen LogP contribution is -2.53. The largest absolute Gasteiger partial charge is 0.461 e.